The number of ether oxygens (including phenoxy) is 4. The zero-order valence-electron chi connectivity index (χ0n) is 36.4. The van der Waals surface area contributed by atoms with Gasteiger partial charge in [-0.1, -0.05) is 52.4 Å². The Hall–Kier alpha value is -1.72. The van der Waals surface area contributed by atoms with E-state index in [1.54, 1.807) is 25.6 Å². The van der Waals surface area contributed by atoms with E-state index in [9.17, 15) is 0 Å². The Morgan fingerprint density at radius 3 is 1.19 bits per heavy atom. The van der Waals surface area contributed by atoms with Gasteiger partial charge in [0.25, 0.3) is 0 Å². The van der Waals surface area contributed by atoms with Gasteiger partial charge in [-0.15, -0.1) is 22.7 Å². The SMILES string of the molecule is CCCCCCOc1c2c[c]([Sn]([CH3])([CH3])[CH3])sc2c(OCCCCCC)c2cc(C)sc12.CCCCCCOc1c2ccsc2c(OCCCCCC)c2ccsc12. The molecule has 0 amide bonds. The van der Waals surface area contributed by atoms with E-state index in [-0.39, 0.29) is 0 Å². The van der Waals surface area contributed by atoms with Crippen molar-refractivity contribution in [2.45, 2.75) is 152 Å². The molecule has 0 saturated carbocycles. The standard InChI is InChI=1S/C23H31O2S2.C22H30O2S2.3CH3.Sn/c1-4-6-8-10-13-24-20-18-12-15-26-22(18)21(25-14-11-9-7-5-2)19-16-17(3)27-23(19)20;1-3-5-7-9-13-23-19-17-11-15-26-22(17)20(18-12-16-25-21(18)19)24-14-10-8-6-4-2;;;;/h12,16H,4-11,13-14H2,1-3H3;11-12,15-16H,3-10,13-14H2,1-2H3;3*1H3;. The van der Waals surface area contributed by atoms with Crippen molar-refractivity contribution >= 4 is 107 Å². The Labute approximate surface area is 364 Å². The molecule has 0 bridgehead atoms. The third kappa shape index (κ3) is 12.7. The fourth-order valence-corrected chi connectivity index (χ4v) is 16.4. The van der Waals surface area contributed by atoms with Gasteiger partial charge >= 0.3 is 202 Å². The fraction of sp³-hybridized carbons (Fsp3) is 0.583. The summed E-state index contributed by atoms with van der Waals surface area (Å²) < 4.78 is 32.2. The minimum Gasteiger partial charge on any atom is -0.491 e. The summed E-state index contributed by atoms with van der Waals surface area (Å²) in [5.74, 6) is 4.33. The molecular formula is C48H70O4S4Sn. The average molecular weight is 958 g/mol. The Bertz CT molecular complexity index is 1900. The van der Waals surface area contributed by atoms with Gasteiger partial charge in [0.15, 0.2) is 0 Å². The van der Waals surface area contributed by atoms with Crippen LogP contribution < -0.4 is 21.8 Å². The molecule has 0 saturated heterocycles. The van der Waals surface area contributed by atoms with E-state index in [0.717, 1.165) is 75.1 Å². The van der Waals surface area contributed by atoms with Gasteiger partial charge in [-0.25, -0.2) is 0 Å². The second-order valence-electron chi connectivity index (χ2n) is 16.5. The molecule has 0 aliphatic rings. The molecule has 57 heavy (non-hydrogen) atoms. The first-order chi connectivity index (χ1) is 27.7. The van der Waals surface area contributed by atoms with E-state index in [1.165, 1.54) is 122 Å². The predicted molar refractivity (Wildman–Crippen MR) is 261 cm³/mol. The predicted octanol–water partition coefficient (Wildman–Crippen LogP) is 16.9. The van der Waals surface area contributed by atoms with Gasteiger partial charge < -0.3 is 9.47 Å². The Kier molecular flexibility index (Phi) is 19.4. The summed E-state index contributed by atoms with van der Waals surface area (Å²) in [5.41, 5.74) is 0. The summed E-state index contributed by atoms with van der Waals surface area (Å²) in [6.45, 7) is 14.4. The first-order valence-electron chi connectivity index (χ1n) is 22.1. The van der Waals surface area contributed by atoms with Crippen molar-refractivity contribution in [3.63, 3.8) is 0 Å². The summed E-state index contributed by atoms with van der Waals surface area (Å²) in [7, 11) is 0. The first kappa shape index (κ1) is 46.3. The van der Waals surface area contributed by atoms with E-state index in [1.807, 2.05) is 22.7 Å². The zero-order valence-corrected chi connectivity index (χ0v) is 42.5. The molecular weight excluding hydrogens is 888 g/mol. The average Bonchev–Trinajstić information content (AvgIpc) is 4.02. The van der Waals surface area contributed by atoms with Crippen molar-refractivity contribution in [1.82, 2.24) is 0 Å². The van der Waals surface area contributed by atoms with Gasteiger partial charge in [-0.05, 0) is 35.7 Å². The third-order valence-electron chi connectivity index (χ3n) is 10.4. The Balaban J connectivity index is 0.000000221. The molecule has 0 aliphatic heterocycles. The van der Waals surface area contributed by atoms with Gasteiger partial charge in [0.2, 0.25) is 0 Å². The van der Waals surface area contributed by atoms with E-state index in [4.69, 9.17) is 18.9 Å². The number of rotatable bonds is 25. The summed E-state index contributed by atoms with van der Waals surface area (Å²) in [6, 6.07) is 9.13. The Morgan fingerprint density at radius 2 is 0.807 bits per heavy atom. The molecule has 2 aromatic carbocycles. The quantitative estimate of drug-likeness (QED) is 0.0423. The summed E-state index contributed by atoms with van der Waals surface area (Å²) in [6.07, 6.45) is 19.7. The Morgan fingerprint density at radius 1 is 0.439 bits per heavy atom. The first-order valence-corrected chi connectivity index (χ1v) is 35.5. The number of thiophene rings is 4. The van der Waals surface area contributed by atoms with Crippen molar-refractivity contribution in [2.75, 3.05) is 26.4 Å². The van der Waals surface area contributed by atoms with Crippen molar-refractivity contribution in [3.8, 4) is 23.0 Å². The molecule has 0 spiro atoms. The van der Waals surface area contributed by atoms with Crippen LogP contribution in [0.2, 0.25) is 14.8 Å². The van der Waals surface area contributed by atoms with Crippen LogP contribution in [-0.2, 0) is 0 Å². The van der Waals surface area contributed by atoms with Crippen LogP contribution >= 0.6 is 45.3 Å². The second-order valence-corrected chi connectivity index (χ2v) is 36.0. The maximum atomic E-state index is 6.52. The largest absolute Gasteiger partial charge is 0.491 e. The number of hydrogen-bond donors (Lipinski definition) is 0. The smallest absolute Gasteiger partial charge is 0.146 e. The molecule has 6 aromatic rings. The number of benzene rings is 2. The summed E-state index contributed by atoms with van der Waals surface area (Å²) >= 11 is 5.16. The van der Waals surface area contributed by atoms with Crippen LogP contribution in [0.15, 0.2) is 35.0 Å². The number of unbranched alkanes of at least 4 members (excludes halogenated alkanes) is 12. The maximum absolute atomic E-state index is 6.52. The fourth-order valence-electron chi connectivity index (χ4n) is 7.15. The number of hydrogen-bond acceptors (Lipinski definition) is 8. The van der Waals surface area contributed by atoms with Gasteiger partial charge in [-0.3, -0.25) is 0 Å². The second kappa shape index (κ2) is 23.9. The molecule has 4 nitrogen and oxygen atoms in total. The molecule has 0 unspecified atom stereocenters. The molecule has 4 aromatic heterocycles. The minimum absolute atomic E-state index is 0.801. The van der Waals surface area contributed by atoms with Crippen molar-refractivity contribution in [3.05, 3.63) is 39.9 Å². The van der Waals surface area contributed by atoms with E-state index in [0.29, 0.717) is 0 Å². The normalized spacial score (nSPS) is 11.9. The van der Waals surface area contributed by atoms with Gasteiger partial charge in [-0.2, -0.15) is 0 Å². The van der Waals surface area contributed by atoms with E-state index >= 15 is 0 Å². The molecule has 6 rings (SSSR count). The molecule has 9 heteroatoms. The third-order valence-corrected chi connectivity index (χ3v) is 23.9. The maximum Gasteiger partial charge on any atom is 0.146 e. The van der Waals surface area contributed by atoms with Gasteiger partial charge in [0, 0.05) is 10.8 Å². The molecule has 4 heterocycles. The molecule has 0 aliphatic carbocycles. The van der Waals surface area contributed by atoms with Crippen LogP contribution in [0.3, 0.4) is 0 Å². The minimum atomic E-state index is -2.20. The van der Waals surface area contributed by atoms with Gasteiger partial charge in [0.1, 0.15) is 11.5 Å². The van der Waals surface area contributed by atoms with Gasteiger partial charge in [0.05, 0.1) is 22.6 Å². The van der Waals surface area contributed by atoms with Crippen LogP contribution in [0.4, 0.5) is 0 Å². The van der Waals surface area contributed by atoms with Crippen molar-refractivity contribution in [2.24, 2.45) is 0 Å². The topological polar surface area (TPSA) is 36.9 Å². The number of aryl methyl sites for hydroxylation is 1. The van der Waals surface area contributed by atoms with Crippen LogP contribution in [0.5, 0.6) is 23.0 Å². The summed E-state index contributed by atoms with van der Waals surface area (Å²) in [4.78, 5) is 8.84. The van der Waals surface area contributed by atoms with E-state index < -0.39 is 18.4 Å². The zero-order chi connectivity index (χ0) is 40.6. The summed E-state index contributed by atoms with van der Waals surface area (Å²) in [5, 5.41) is 9.28. The van der Waals surface area contributed by atoms with Crippen molar-refractivity contribution in [1.29, 1.82) is 0 Å². The molecule has 0 N–H and O–H groups in total. The molecule has 0 atom stereocenters. The number of fused-ring (bicyclic) bond motifs is 4. The van der Waals surface area contributed by atoms with Crippen LogP contribution in [-0.4, -0.2) is 44.8 Å². The monoisotopic (exact) mass is 958 g/mol. The van der Waals surface area contributed by atoms with Crippen LogP contribution in [0.25, 0.3) is 40.3 Å². The van der Waals surface area contributed by atoms with Crippen LogP contribution in [0, 0.1) is 6.92 Å². The molecule has 0 fully saturated rings. The molecule has 0 radical (unpaired) electrons. The molecule has 314 valence electrons. The van der Waals surface area contributed by atoms with Crippen molar-refractivity contribution < 1.29 is 18.9 Å². The van der Waals surface area contributed by atoms with E-state index in [2.05, 4.69) is 84.5 Å². The van der Waals surface area contributed by atoms with Crippen LogP contribution in [0.1, 0.15) is 135 Å².